The standard InChI is InChI=1S/C19H16N2O2/c1-12-15-5-3-4-6-16(15)18(23-12)19(22)20-14-7-8-17-13(11-14)9-10-21(17)2/h3-11H,1-2H3,(H,20,22). The molecule has 0 radical (unpaired) electrons. The van der Waals surface area contributed by atoms with Crippen LogP contribution in [0, 0.1) is 6.92 Å². The Hall–Kier alpha value is -3.01. The van der Waals surface area contributed by atoms with Crippen molar-refractivity contribution in [1.82, 2.24) is 4.57 Å². The summed E-state index contributed by atoms with van der Waals surface area (Å²) in [4.78, 5) is 12.6. The average Bonchev–Trinajstić information content (AvgIpc) is 3.09. The van der Waals surface area contributed by atoms with E-state index in [1.54, 1.807) is 0 Å². The number of nitrogens with one attached hydrogen (secondary N) is 1. The first-order valence-electron chi connectivity index (χ1n) is 7.48. The summed E-state index contributed by atoms with van der Waals surface area (Å²) in [5, 5.41) is 5.82. The fraction of sp³-hybridized carbons (Fsp3) is 0.105. The number of carbonyl (C=O) groups excluding carboxylic acids is 1. The highest BCUT2D eigenvalue weighted by Gasteiger charge is 2.17. The Morgan fingerprint density at radius 1 is 1.09 bits per heavy atom. The molecule has 2 heterocycles. The Kier molecular flexibility index (Phi) is 2.98. The van der Waals surface area contributed by atoms with Gasteiger partial charge < -0.3 is 14.3 Å². The summed E-state index contributed by atoms with van der Waals surface area (Å²) in [6, 6.07) is 15.6. The number of aryl methyl sites for hydroxylation is 2. The van der Waals surface area contributed by atoms with E-state index in [-0.39, 0.29) is 5.91 Å². The van der Waals surface area contributed by atoms with Crippen LogP contribution in [0.3, 0.4) is 0 Å². The number of benzene rings is 2. The lowest BCUT2D eigenvalue weighted by Crippen LogP contribution is -2.11. The second-order valence-electron chi connectivity index (χ2n) is 5.69. The van der Waals surface area contributed by atoms with Crippen LogP contribution in [0.15, 0.2) is 59.1 Å². The van der Waals surface area contributed by atoms with Crippen molar-refractivity contribution in [2.24, 2.45) is 7.05 Å². The summed E-state index contributed by atoms with van der Waals surface area (Å²) in [7, 11) is 2.00. The summed E-state index contributed by atoms with van der Waals surface area (Å²) < 4.78 is 7.72. The minimum atomic E-state index is -0.232. The SMILES string of the molecule is Cc1oc(C(=O)Nc2ccc3c(ccn3C)c2)c2ccccc12. The number of amides is 1. The second kappa shape index (κ2) is 5.02. The monoisotopic (exact) mass is 304 g/mol. The fourth-order valence-corrected chi connectivity index (χ4v) is 2.97. The van der Waals surface area contributed by atoms with Crippen LogP contribution in [-0.2, 0) is 7.05 Å². The predicted octanol–water partition coefficient (Wildman–Crippen LogP) is 4.49. The number of nitrogens with zero attached hydrogens (tertiary/aromatic N) is 1. The first-order valence-corrected chi connectivity index (χ1v) is 7.48. The smallest absolute Gasteiger partial charge is 0.292 e. The third-order valence-electron chi connectivity index (χ3n) is 4.16. The topological polar surface area (TPSA) is 47.2 Å². The molecule has 0 aliphatic carbocycles. The highest BCUT2D eigenvalue weighted by Crippen LogP contribution is 2.26. The Bertz CT molecular complexity index is 1040. The van der Waals surface area contributed by atoms with Crippen LogP contribution in [-0.4, -0.2) is 10.5 Å². The Balaban J connectivity index is 1.70. The molecule has 4 rings (SSSR count). The lowest BCUT2D eigenvalue weighted by molar-refractivity contribution is 0.0997. The lowest BCUT2D eigenvalue weighted by atomic mass is 10.1. The molecule has 0 bridgehead atoms. The Morgan fingerprint density at radius 2 is 1.87 bits per heavy atom. The van der Waals surface area contributed by atoms with Crippen molar-refractivity contribution in [2.45, 2.75) is 6.92 Å². The molecule has 114 valence electrons. The van der Waals surface area contributed by atoms with E-state index >= 15 is 0 Å². The molecule has 0 saturated heterocycles. The van der Waals surface area contributed by atoms with Gasteiger partial charge in [0.05, 0.1) is 0 Å². The van der Waals surface area contributed by atoms with E-state index in [0.29, 0.717) is 5.76 Å². The van der Waals surface area contributed by atoms with Gasteiger partial charge in [-0.3, -0.25) is 4.79 Å². The molecule has 2 aromatic heterocycles. The largest absolute Gasteiger partial charge is 0.455 e. The number of furan rings is 1. The number of aromatic nitrogens is 1. The lowest BCUT2D eigenvalue weighted by Gasteiger charge is -2.04. The van der Waals surface area contributed by atoms with E-state index in [1.807, 2.05) is 73.3 Å². The fourth-order valence-electron chi connectivity index (χ4n) is 2.97. The molecule has 4 aromatic rings. The Labute approximate surface area is 133 Å². The van der Waals surface area contributed by atoms with E-state index in [0.717, 1.165) is 33.1 Å². The minimum absolute atomic E-state index is 0.232. The number of rotatable bonds is 2. The van der Waals surface area contributed by atoms with E-state index in [2.05, 4.69) is 5.32 Å². The van der Waals surface area contributed by atoms with E-state index in [4.69, 9.17) is 4.42 Å². The van der Waals surface area contributed by atoms with Gasteiger partial charge in [-0.2, -0.15) is 0 Å². The quantitative estimate of drug-likeness (QED) is 0.593. The van der Waals surface area contributed by atoms with Crippen molar-refractivity contribution in [3.8, 4) is 0 Å². The number of hydrogen-bond acceptors (Lipinski definition) is 2. The van der Waals surface area contributed by atoms with Crippen molar-refractivity contribution in [2.75, 3.05) is 5.32 Å². The van der Waals surface area contributed by atoms with E-state index in [9.17, 15) is 4.79 Å². The summed E-state index contributed by atoms with van der Waals surface area (Å²) in [6.07, 6.45) is 2.00. The zero-order chi connectivity index (χ0) is 16.0. The van der Waals surface area contributed by atoms with Crippen molar-refractivity contribution >= 4 is 33.3 Å². The molecule has 0 atom stereocenters. The van der Waals surface area contributed by atoms with Crippen molar-refractivity contribution in [3.05, 3.63) is 66.2 Å². The summed E-state index contributed by atoms with van der Waals surface area (Å²) in [6.45, 7) is 1.87. The van der Waals surface area contributed by atoms with Gasteiger partial charge in [0.15, 0.2) is 5.76 Å². The molecule has 0 aliphatic rings. The van der Waals surface area contributed by atoms with Crippen molar-refractivity contribution in [3.63, 3.8) is 0 Å². The van der Waals surface area contributed by atoms with E-state index < -0.39 is 0 Å². The maximum absolute atomic E-state index is 12.6. The molecular formula is C19H16N2O2. The zero-order valence-corrected chi connectivity index (χ0v) is 13.0. The molecule has 0 aliphatic heterocycles. The van der Waals surface area contributed by atoms with Crippen LogP contribution in [0.2, 0.25) is 0 Å². The molecule has 23 heavy (non-hydrogen) atoms. The van der Waals surface area contributed by atoms with Gasteiger partial charge in [0, 0.05) is 40.6 Å². The average molecular weight is 304 g/mol. The first-order chi connectivity index (χ1) is 11.1. The Morgan fingerprint density at radius 3 is 2.70 bits per heavy atom. The highest BCUT2D eigenvalue weighted by molar-refractivity contribution is 6.11. The van der Waals surface area contributed by atoms with Crippen LogP contribution in [0.1, 0.15) is 16.3 Å². The van der Waals surface area contributed by atoms with Crippen molar-refractivity contribution < 1.29 is 9.21 Å². The van der Waals surface area contributed by atoms with E-state index in [1.165, 1.54) is 0 Å². The maximum Gasteiger partial charge on any atom is 0.292 e. The normalized spacial score (nSPS) is 11.2. The molecule has 0 fully saturated rings. The molecule has 1 amide bonds. The van der Waals surface area contributed by atoms with Gasteiger partial charge in [0.2, 0.25) is 0 Å². The highest BCUT2D eigenvalue weighted by atomic mass is 16.3. The van der Waals surface area contributed by atoms with Crippen LogP contribution in [0.25, 0.3) is 21.7 Å². The van der Waals surface area contributed by atoms with Gasteiger partial charge in [0.1, 0.15) is 5.76 Å². The molecule has 2 aromatic carbocycles. The minimum Gasteiger partial charge on any atom is -0.455 e. The molecule has 0 saturated carbocycles. The molecule has 0 unspecified atom stereocenters. The van der Waals surface area contributed by atoms with Crippen LogP contribution in [0.5, 0.6) is 0 Å². The van der Waals surface area contributed by atoms with Gasteiger partial charge in [-0.05, 0) is 31.2 Å². The van der Waals surface area contributed by atoms with Crippen LogP contribution < -0.4 is 5.32 Å². The molecular weight excluding hydrogens is 288 g/mol. The van der Waals surface area contributed by atoms with Crippen LogP contribution >= 0.6 is 0 Å². The van der Waals surface area contributed by atoms with Gasteiger partial charge in [-0.25, -0.2) is 0 Å². The third kappa shape index (κ3) is 2.19. The first kappa shape index (κ1) is 13.6. The summed E-state index contributed by atoms with van der Waals surface area (Å²) in [5.74, 6) is 0.875. The zero-order valence-electron chi connectivity index (χ0n) is 13.0. The summed E-state index contributed by atoms with van der Waals surface area (Å²) >= 11 is 0. The summed E-state index contributed by atoms with van der Waals surface area (Å²) in [5.41, 5.74) is 1.88. The van der Waals surface area contributed by atoms with Crippen LogP contribution in [0.4, 0.5) is 5.69 Å². The maximum atomic E-state index is 12.6. The van der Waals surface area contributed by atoms with Gasteiger partial charge in [-0.15, -0.1) is 0 Å². The number of anilines is 1. The van der Waals surface area contributed by atoms with Gasteiger partial charge in [0.25, 0.3) is 5.91 Å². The number of hydrogen-bond donors (Lipinski definition) is 1. The van der Waals surface area contributed by atoms with Gasteiger partial charge in [-0.1, -0.05) is 24.3 Å². The second-order valence-corrected chi connectivity index (χ2v) is 5.69. The predicted molar refractivity (Wildman–Crippen MR) is 91.8 cm³/mol. The molecule has 1 N–H and O–H groups in total. The number of carbonyl (C=O) groups is 1. The third-order valence-corrected chi connectivity index (χ3v) is 4.16. The molecule has 0 spiro atoms. The molecule has 4 nitrogen and oxygen atoms in total. The van der Waals surface area contributed by atoms with Crippen molar-refractivity contribution in [1.29, 1.82) is 0 Å². The molecule has 4 heteroatoms. The number of fused-ring (bicyclic) bond motifs is 2. The van der Waals surface area contributed by atoms with Gasteiger partial charge >= 0.3 is 0 Å².